The number of benzene rings is 3. The lowest BCUT2D eigenvalue weighted by atomic mass is 10.1. The molecule has 44 heavy (non-hydrogen) atoms. The lowest BCUT2D eigenvalue weighted by molar-refractivity contribution is -0.143. The van der Waals surface area contributed by atoms with Crippen molar-refractivity contribution >= 4 is 34.2 Å². The molecular weight excluding hydrogens is 621 g/mol. The van der Waals surface area contributed by atoms with Crippen LogP contribution in [0.2, 0.25) is 5.02 Å². The van der Waals surface area contributed by atoms with Crippen molar-refractivity contribution in [3.8, 4) is 5.69 Å². The molecular formula is C29H24ClF7N4O3. The summed E-state index contributed by atoms with van der Waals surface area (Å²) in [5.74, 6) is -0.781. The second-order valence-electron chi connectivity index (χ2n) is 9.56. The van der Waals surface area contributed by atoms with Crippen molar-refractivity contribution in [1.29, 1.82) is 0 Å². The van der Waals surface area contributed by atoms with E-state index in [4.69, 9.17) is 16.3 Å². The van der Waals surface area contributed by atoms with Crippen LogP contribution in [-0.4, -0.2) is 40.7 Å². The number of anilines is 1. The van der Waals surface area contributed by atoms with Crippen molar-refractivity contribution in [3.05, 3.63) is 98.8 Å². The summed E-state index contributed by atoms with van der Waals surface area (Å²) in [7, 11) is 1.32. The smallest absolute Gasteiger partial charge is 0.383 e. The van der Waals surface area contributed by atoms with Crippen molar-refractivity contribution in [2.75, 3.05) is 25.6 Å². The maximum Gasteiger partial charge on any atom is 0.416 e. The minimum Gasteiger partial charge on any atom is -0.383 e. The lowest BCUT2D eigenvalue weighted by Crippen LogP contribution is -2.42. The zero-order valence-electron chi connectivity index (χ0n) is 23.1. The fourth-order valence-electron chi connectivity index (χ4n) is 4.60. The number of carbonyl (C=O) groups is 1. The first kappa shape index (κ1) is 32.7. The van der Waals surface area contributed by atoms with Gasteiger partial charge in [0.2, 0.25) is 0 Å². The molecule has 4 rings (SSSR count). The summed E-state index contributed by atoms with van der Waals surface area (Å²) in [5, 5.41) is 2.01. The molecule has 234 valence electrons. The van der Waals surface area contributed by atoms with Gasteiger partial charge >= 0.3 is 18.4 Å². The molecule has 1 N–H and O–H groups in total. The Bertz CT molecular complexity index is 1710. The van der Waals surface area contributed by atoms with E-state index in [1.165, 1.54) is 25.3 Å². The van der Waals surface area contributed by atoms with E-state index in [0.717, 1.165) is 15.5 Å². The monoisotopic (exact) mass is 644 g/mol. The topological polar surface area (TPSA) is 76.5 Å². The molecule has 0 aliphatic heterocycles. The van der Waals surface area contributed by atoms with Gasteiger partial charge < -0.3 is 15.0 Å². The highest BCUT2D eigenvalue weighted by Gasteiger charge is 2.37. The quantitative estimate of drug-likeness (QED) is 0.198. The minimum absolute atomic E-state index is 0.0230. The van der Waals surface area contributed by atoms with E-state index < -0.39 is 52.6 Å². The van der Waals surface area contributed by atoms with Crippen LogP contribution >= 0.6 is 11.6 Å². The number of urea groups is 1. The number of amides is 2. The number of methoxy groups -OCH3 is 1. The highest BCUT2D eigenvalue weighted by atomic mass is 35.5. The fourth-order valence-corrected chi connectivity index (χ4v) is 4.78. The van der Waals surface area contributed by atoms with Gasteiger partial charge in [-0.2, -0.15) is 26.3 Å². The molecule has 1 heterocycles. The Hall–Kier alpha value is -4.17. The average Bonchev–Trinajstić information content (AvgIpc) is 2.95. The molecule has 3 aromatic carbocycles. The third-order valence-corrected chi connectivity index (χ3v) is 6.95. The number of hydrogen-bond donors (Lipinski definition) is 1. The van der Waals surface area contributed by atoms with Crippen LogP contribution in [0.5, 0.6) is 0 Å². The standard InChI is InChI=1S/C29H24ClF7N4O3/c1-3-24(25-39-23-7-5-4-6-20(23)26(42)41(25)19-8-9-22(31)21(30)15-19)40(10-11-44-2)27(43)38-18-13-16(28(32,33)34)12-17(14-18)29(35,36)37/h4-9,12-15,24H,3,10-11H2,1-2H3,(H,38,43). The van der Waals surface area contributed by atoms with Crippen molar-refractivity contribution in [2.24, 2.45) is 0 Å². The van der Waals surface area contributed by atoms with E-state index in [9.17, 15) is 40.3 Å². The summed E-state index contributed by atoms with van der Waals surface area (Å²) in [6, 6.07) is 8.32. The Kier molecular flexibility index (Phi) is 9.54. The summed E-state index contributed by atoms with van der Waals surface area (Å²) in [6.07, 6.45) is -10.2. The largest absolute Gasteiger partial charge is 0.416 e. The third-order valence-electron chi connectivity index (χ3n) is 6.66. The SMILES string of the molecule is CCC(c1nc2ccccc2c(=O)n1-c1ccc(F)c(Cl)c1)N(CCOC)C(=O)Nc1cc(C(F)(F)F)cc(C(F)(F)F)c1. The molecule has 0 saturated carbocycles. The van der Waals surface area contributed by atoms with Gasteiger partial charge in [0.05, 0.1) is 45.4 Å². The van der Waals surface area contributed by atoms with Crippen molar-refractivity contribution in [2.45, 2.75) is 31.7 Å². The molecule has 2 amide bonds. The molecule has 1 atom stereocenters. The number of nitrogens with zero attached hydrogens (tertiary/aromatic N) is 3. The molecule has 0 radical (unpaired) electrons. The Balaban J connectivity index is 1.87. The van der Waals surface area contributed by atoms with E-state index >= 15 is 0 Å². The van der Waals surface area contributed by atoms with Gasteiger partial charge in [-0.05, 0) is 55.0 Å². The Morgan fingerprint density at radius 3 is 2.23 bits per heavy atom. The van der Waals surface area contributed by atoms with Crippen LogP contribution in [0.4, 0.5) is 41.2 Å². The number of para-hydroxylation sites is 1. The Morgan fingerprint density at radius 1 is 1.02 bits per heavy atom. The average molecular weight is 645 g/mol. The number of fused-ring (bicyclic) bond motifs is 1. The number of alkyl halides is 6. The number of ether oxygens (including phenoxy) is 1. The predicted molar refractivity (Wildman–Crippen MR) is 149 cm³/mol. The van der Waals surface area contributed by atoms with Gasteiger partial charge in [0.25, 0.3) is 5.56 Å². The van der Waals surface area contributed by atoms with Crippen LogP contribution in [-0.2, 0) is 17.1 Å². The molecule has 0 bridgehead atoms. The normalized spacial score (nSPS) is 12.8. The van der Waals surface area contributed by atoms with Crippen LogP contribution in [0.25, 0.3) is 16.6 Å². The molecule has 0 spiro atoms. The van der Waals surface area contributed by atoms with Crippen LogP contribution in [0.15, 0.2) is 65.5 Å². The van der Waals surface area contributed by atoms with Crippen molar-refractivity contribution in [1.82, 2.24) is 14.5 Å². The van der Waals surface area contributed by atoms with Gasteiger partial charge in [0, 0.05) is 19.3 Å². The molecule has 7 nitrogen and oxygen atoms in total. The molecule has 0 aliphatic carbocycles. The Morgan fingerprint density at radius 2 is 1.66 bits per heavy atom. The number of carbonyl (C=O) groups excluding carboxylic acids is 1. The van der Waals surface area contributed by atoms with Crippen molar-refractivity contribution in [3.63, 3.8) is 0 Å². The van der Waals surface area contributed by atoms with Crippen LogP contribution in [0, 0.1) is 5.82 Å². The number of halogens is 8. The van der Waals surface area contributed by atoms with Gasteiger partial charge in [-0.25, -0.2) is 14.2 Å². The van der Waals surface area contributed by atoms with Gasteiger partial charge in [-0.15, -0.1) is 0 Å². The second kappa shape index (κ2) is 12.8. The summed E-state index contributed by atoms with van der Waals surface area (Å²) in [6.45, 7) is 1.33. The Labute approximate surface area is 250 Å². The summed E-state index contributed by atoms with van der Waals surface area (Å²) in [4.78, 5) is 33.1. The van der Waals surface area contributed by atoms with Crippen LogP contribution < -0.4 is 10.9 Å². The van der Waals surface area contributed by atoms with Gasteiger partial charge in [-0.3, -0.25) is 9.36 Å². The first-order valence-electron chi connectivity index (χ1n) is 13.0. The first-order valence-corrected chi connectivity index (χ1v) is 13.4. The van der Waals surface area contributed by atoms with Crippen LogP contribution in [0.1, 0.15) is 36.3 Å². The lowest BCUT2D eigenvalue weighted by Gasteiger charge is -2.32. The number of hydrogen-bond acceptors (Lipinski definition) is 4. The van der Waals surface area contributed by atoms with E-state index in [1.54, 1.807) is 25.1 Å². The first-order chi connectivity index (χ1) is 20.6. The van der Waals surface area contributed by atoms with Gasteiger partial charge in [-0.1, -0.05) is 30.7 Å². The summed E-state index contributed by atoms with van der Waals surface area (Å²) in [5.41, 5.74) is -4.23. The van der Waals surface area contributed by atoms with E-state index in [2.05, 4.69) is 10.3 Å². The number of rotatable bonds is 8. The highest BCUT2D eigenvalue weighted by Crippen LogP contribution is 2.38. The fraction of sp³-hybridized carbons (Fsp3) is 0.276. The van der Waals surface area contributed by atoms with Crippen LogP contribution in [0.3, 0.4) is 0 Å². The molecule has 4 aromatic rings. The van der Waals surface area contributed by atoms with E-state index in [1.807, 2.05) is 0 Å². The van der Waals surface area contributed by atoms with E-state index in [0.29, 0.717) is 12.1 Å². The molecule has 0 saturated heterocycles. The highest BCUT2D eigenvalue weighted by molar-refractivity contribution is 6.30. The molecule has 0 aliphatic rings. The number of nitrogens with one attached hydrogen (secondary N) is 1. The zero-order chi connectivity index (χ0) is 32.4. The summed E-state index contributed by atoms with van der Waals surface area (Å²) >= 11 is 6.00. The van der Waals surface area contributed by atoms with Crippen molar-refractivity contribution < 1.29 is 40.3 Å². The minimum atomic E-state index is -5.13. The number of aromatic nitrogens is 2. The molecule has 15 heteroatoms. The van der Waals surface area contributed by atoms with Gasteiger partial charge in [0.15, 0.2) is 0 Å². The van der Waals surface area contributed by atoms with E-state index in [-0.39, 0.29) is 53.1 Å². The molecule has 0 fully saturated rings. The third kappa shape index (κ3) is 6.97. The summed E-state index contributed by atoms with van der Waals surface area (Å²) < 4.78 is 101. The second-order valence-corrected chi connectivity index (χ2v) is 9.97. The molecule has 1 unspecified atom stereocenters. The van der Waals surface area contributed by atoms with Gasteiger partial charge in [0.1, 0.15) is 11.6 Å². The maximum atomic E-state index is 14.0. The predicted octanol–water partition coefficient (Wildman–Crippen LogP) is 7.85. The maximum absolute atomic E-state index is 14.0. The molecule has 1 aromatic heterocycles. The zero-order valence-corrected chi connectivity index (χ0v) is 23.8.